The minimum atomic E-state index is 0.942. The van der Waals surface area contributed by atoms with Gasteiger partial charge < -0.3 is 5.32 Å². The first kappa shape index (κ1) is 12.5. The molecule has 0 amide bonds. The van der Waals surface area contributed by atoms with Crippen LogP contribution in [0.4, 0.5) is 11.4 Å². The maximum absolute atomic E-state index is 4.07. The molecule has 2 nitrogen and oxygen atoms in total. The smallest absolute Gasteiger partial charge is 0.0526 e. The number of nitrogens with zero attached hydrogens (tertiary/aromatic N) is 1. The number of para-hydroxylation sites is 1. The third-order valence-electron chi connectivity index (χ3n) is 3.58. The standard InChI is InChI=1S/C18H14N2S/c1-2-4-17-15(3-1)20-16-6-5-14(12-18(16)21-17)11-13-7-9-19-10-8-13/h1-10,12,20H,11H2. The number of rotatable bonds is 2. The van der Waals surface area contributed by atoms with Crippen molar-refractivity contribution >= 4 is 23.1 Å². The summed E-state index contributed by atoms with van der Waals surface area (Å²) in [6, 6.07) is 19.2. The summed E-state index contributed by atoms with van der Waals surface area (Å²) in [5, 5.41) is 3.50. The second kappa shape index (κ2) is 5.26. The first-order chi connectivity index (χ1) is 10.4. The lowest BCUT2D eigenvalue weighted by atomic mass is 10.1. The summed E-state index contributed by atoms with van der Waals surface area (Å²) in [5.74, 6) is 0. The van der Waals surface area contributed by atoms with Crippen molar-refractivity contribution in [3.05, 3.63) is 78.1 Å². The molecule has 0 saturated carbocycles. The van der Waals surface area contributed by atoms with E-state index in [1.165, 1.54) is 32.3 Å². The first-order valence-corrected chi connectivity index (χ1v) is 7.76. The van der Waals surface area contributed by atoms with Crippen LogP contribution >= 0.6 is 11.8 Å². The van der Waals surface area contributed by atoms with E-state index in [9.17, 15) is 0 Å². The van der Waals surface area contributed by atoms with Crippen molar-refractivity contribution in [1.82, 2.24) is 4.98 Å². The summed E-state index contributed by atoms with van der Waals surface area (Å²) in [6.45, 7) is 0. The van der Waals surface area contributed by atoms with Gasteiger partial charge in [0.15, 0.2) is 0 Å². The molecule has 2 heterocycles. The van der Waals surface area contributed by atoms with E-state index >= 15 is 0 Å². The highest BCUT2D eigenvalue weighted by Gasteiger charge is 2.15. The van der Waals surface area contributed by atoms with E-state index in [0.717, 1.165) is 6.42 Å². The molecule has 21 heavy (non-hydrogen) atoms. The van der Waals surface area contributed by atoms with Crippen molar-refractivity contribution in [3.63, 3.8) is 0 Å². The number of fused-ring (bicyclic) bond motifs is 2. The highest BCUT2D eigenvalue weighted by molar-refractivity contribution is 7.99. The monoisotopic (exact) mass is 290 g/mol. The van der Waals surface area contributed by atoms with Crippen LogP contribution in [0.5, 0.6) is 0 Å². The van der Waals surface area contributed by atoms with E-state index in [4.69, 9.17) is 0 Å². The minimum Gasteiger partial charge on any atom is -0.354 e. The molecule has 0 spiro atoms. The molecule has 0 aliphatic carbocycles. The van der Waals surface area contributed by atoms with Gasteiger partial charge >= 0.3 is 0 Å². The van der Waals surface area contributed by atoms with Crippen LogP contribution < -0.4 is 5.32 Å². The Morgan fingerprint density at radius 2 is 1.62 bits per heavy atom. The lowest BCUT2D eigenvalue weighted by Crippen LogP contribution is -2.00. The largest absolute Gasteiger partial charge is 0.354 e. The Balaban J connectivity index is 1.64. The van der Waals surface area contributed by atoms with Crippen molar-refractivity contribution in [1.29, 1.82) is 0 Å². The predicted molar refractivity (Wildman–Crippen MR) is 87.3 cm³/mol. The highest BCUT2D eigenvalue weighted by Crippen LogP contribution is 2.44. The van der Waals surface area contributed by atoms with Crippen LogP contribution in [0.2, 0.25) is 0 Å². The summed E-state index contributed by atoms with van der Waals surface area (Å²) in [4.78, 5) is 6.64. The van der Waals surface area contributed by atoms with Gasteiger partial charge in [0.1, 0.15) is 0 Å². The van der Waals surface area contributed by atoms with Crippen LogP contribution in [-0.4, -0.2) is 4.98 Å². The van der Waals surface area contributed by atoms with Gasteiger partial charge in [0.05, 0.1) is 11.4 Å². The molecule has 3 aromatic rings. The predicted octanol–water partition coefficient (Wildman–Crippen LogP) is 4.88. The van der Waals surface area contributed by atoms with Crippen molar-refractivity contribution in [3.8, 4) is 0 Å². The molecule has 1 aliphatic rings. The van der Waals surface area contributed by atoms with E-state index < -0.39 is 0 Å². The van der Waals surface area contributed by atoms with Gasteiger partial charge in [-0.3, -0.25) is 4.98 Å². The molecule has 1 N–H and O–H groups in total. The first-order valence-electron chi connectivity index (χ1n) is 6.94. The number of nitrogens with one attached hydrogen (secondary N) is 1. The topological polar surface area (TPSA) is 24.9 Å². The molecule has 0 atom stereocenters. The number of aromatic nitrogens is 1. The molecule has 4 rings (SSSR count). The summed E-state index contributed by atoms with van der Waals surface area (Å²) in [5.41, 5.74) is 5.00. The van der Waals surface area contributed by atoms with Gasteiger partial charge in [-0.05, 0) is 53.9 Å². The molecule has 0 unspecified atom stereocenters. The Bertz CT molecular complexity index is 784. The molecule has 0 saturated heterocycles. The average Bonchev–Trinajstić information content (AvgIpc) is 2.54. The molecule has 0 radical (unpaired) electrons. The molecule has 0 fully saturated rings. The van der Waals surface area contributed by atoms with Crippen LogP contribution in [0, 0.1) is 0 Å². The second-order valence-electron chi connectivity index (χ2n) is 5.09. The number of hydrogen-bond donors (Lipinski definition) is 1. The van der Waals surface area contributed by atoms with E-state index in [1.807, 2.05) is 24.2 Å². The quantitative estimate of drug-likeness (QED) is 0.569. The lowest BCUT2D eigenvalue weighted by molar-refractivity contribution is 1.14. The van der Waals surface area contributed by atoms with Gasteiger partial charge in [-0.25, -0.2) is 0 Å². The van der Waals surface area contributed by atoms with Crippen molar-refractivity contribution in [2.45, 2.75) is 16.2 Å². The summed E-state index contributed by atoms with van der Waals surface area (Å²) >= 11 is 1.83. The maximum atomic E-state index is 4.07. The van der Waals surface area contributed by atoms with Gasteiger partial charge in [-0.2, -0.15) is 0 Å². The van der Waals surface area contributed by atoms with Crippen LogP contribution in [0.25, 0.3) is 0 Å². The number of benzene rings is 2. The molecular weight excluding hydrogens is 276 g/mol. The van der Waals surface area contributed by atoms with E-state index in [0.29, 0.717) is 0 Å². The maximum Gasteiger partial charge on any atom is 0.0526 e. The number of pyridine rings is 1. The van der Waals surface area contributed by atoms with Gasteiger partial charge in [-0.1, -0.05) is 30.0 Å². The van der Waals surface area contributed by atoms with E-state index in [1.54, 1.807) is 0 Å². The van der Waals surface area contributed by atoms with Crippen LogP contribution in [0.15, 0.2) is 76.8 Å². The molecular formula is C18H14N2S. The zero-order valence-corrected chi connectivity index (χ0v) is 12.2. The Hall–Kier alpha value is -2.26. The Kier molecular flexibility index (Phi) is 3.13. The van der Waals surface area contributed by atoms with Gasteiger partial charge in [-0.15, -0.1) is 0 Å². The van der Waals surface area contributed by atoms with Crippen molar-refractivity contribution < 1.29 is 0 Å². The van der Waals surface area contributed by atoms with E-state index in [-0.39, 0.29) is 0 Å². The van der Waals surface area contributed by atoms with Gasteiger partial charge in [0, 0.05) is 22.2 Å². The Labute approximate surface area is 128 Å². The Morgan fingerprint density at radius 1 is 0.810 bits per heavy atom. The molecule has 2 aromatic carbocycles. The fourth-order valence-electron chi connectivity index (χ4n) is 2.52. The molecule has 3 heteroatoms. The third-order valence-corrected chi connectivity index (χ3v) is 4.71. The molecule has 1 aromatic heterocycles. The molecule has 1 aliphatic heterocycles. The SMILES string of the molecule is c1ccc2c(c1)Nc1ccc(Cc3ccncc3)cc1S2. The second-order valence-corrected chi connectivity index (χ2v) is 6.17. The Morgan fingerprint density at radius 3 is 2.52 bits per heavy atom. The van der Waals surface area contributed by atoms with Gasteiger partial charge in [0.2, 0.25) is 0 Å². The van der Waals surface area contributed by atoms with Crippen molar-refractivity contribution in [2.24, 2.45) is 0 Å². The summed E-state index contributed by atoms with van der Waals surface area (Å²) in [7, 11) is 0. The highest BCUT2D eigenvalue weighted by atomic mass is 32.2. The van der Waals surface area contributed by atoms with Crippen LogP contribution in [-0.2, 0) is 6.42 Å². The fourth-order valence-corrected chi connectivity index (χ4v) is 3.58. The van der Waals surface area contributed by atoms with Crippen LogP contribution in [0.1, 0.15) is 11.1 Å². The molecule has 102 valence electrons. The van der Waals surface area contributed by atoms with Crippen LogP contribution in [0.3, 0.4) is 0 Å². The zero-order chi connectivity index (χ0) is 14.1. The number of anilines is 2. The van der Waals surface area contributed by atoms with E-state index in [2.05, 4.69) is 64.9 Å². The summed E-state index contributed by atoms with van der Waals surface area (Å²) < 4.78 is 0. The average molecular weight is 290 g/mol. The van der Waals surface area contributed by atoms with Gasteiger partial charge in [0.25, 0.3) is 0 Å². The normalized spacial score (nSPS) is 12.2. The molecule has 0 bridgehead atoms. The third kappa shape index (κ3) is 2.52. The van der Waals surface area contributed by atoms with Crippen molar-refractivity contribution in [2.75, 3.05) is 5.32 Å². The fraction of sp³-hybridized carbons (Fsp3) is 0.0556. The lowest BCUT2D eigenvalue weighted by Gasteiger charge is -2.21. The minimum absolute atomic E-state index is 0.942. The zero-order valence-electron chi connectivity index (χ0n) is 11.4. The number of hydrogen-bond acceptors (Lipinski definition) is 3. The summed E-state index contributed by atoms with van der Waals surface area (Å²) in [6.07, 6.45) is 4.64.